The highest BCUT2D eigenvalue weighted by molar-refractivity contribution is 5.88. The van der Waals surface area contributed by atoms with Gasteiger partial charge >= 0.3 is 0 Å². The molecule has 0 aromatic heterocycles. The standard InChI is InChI=1S/C22H32N2O2.ClH/c1-17(2)24(14-18-10-12-23-13-11-18)15-20(25)16-26-22-9-5-7-19-6-3-4-8-21(19)22;/h3-9,17-18,20,23,25H,10-16H2,1-2H3;1H. The zero-order valence-electron chi connectivity index (χ0n) is 16.4. The molecular weight excluding hydrogens is 360 g/mol. The van der Waals surface area contributed by atoms with Crippen molar-refractivity contribution in [2.75, 3.05) is 32.8 Å². The third-order valence-electron chi connectivity index (χ3n) is 5.31. The Hall–Kier alpha value is -1.33. The number of aliphatic hydroxyl groups excluding tert-OH is 1. The number of rotatable bonds is 8. The minimum atomic E-state index is -0.488. The first-order chi connectivity index (χ1) is 12.6. The van der Waals surface area contributed by atoms with Crippen molar-refractivity contribution in [2.24, 2.45) is 5.92 Å². The number of fused-ring (bicyclic) bond motifs is 1. The molecule has 0 saturated carbocycles. The largest absolute Gasteiger partial charge is 0.490 e. The second-order valence-electron chi connectivity index (χ2n) is 7.68. The molecule has 1 atom stereocenters. The number of hydrogen-bond acceptors (Lipinski definition) is 4. The van der Waals surface area contributed by atoms with Crippen LogP contribution in [-0.4, -0.2) is 54.9 Å². The number of nitrogens with zero attached hydrogens (tertiary/aromatic N) is 1. The lowest BCUT2D eigenvalue weighted by Crippen LogP contribution is -2.44. The van der Waals surface area contributed by atoms with E-state index in [-0.39, 0.29) is 12.4 Å². The van der Waals surface area contributed by atoms with E-state index in [0.717, 1.165) is 42.1 Å². The molecule has 27 heavy (non-hydrogen) atoms. The zero-order valence-corrected chi connectivity index (χ0v) is 17.3. The summed E-state index contributed by atoms with van der Waals surface area (Å²) in [4.78, 5) is 2.40. The van der Waals surface area contributed by atoms with Gasteiger partial charge in [0.2, 0.25) is 0 Å². The van der Waals surface area contributed by atoms with Gasteiger partial charge in [-0.3, -0.25) is 4.90 Å². The number of ether oxygens (including phenoxy) is 1. The topological polar surface area (TPSA) is 44.7 Å². The molecule has 1 fully saturated rings. The molecule has 4 nitrogen and oxygen atoms in total. The van der Waals surface area contributed by atoms with E-state index in [1.165, 1.54) is 12.8 Å². The lowest BCUT2D eigenvalue weighted by atomic mass is 9.97. The highest BCUT2D eigenvalue weighted by atomic mass is 35.5. The Balaban J connectivity index is 0.00000261. The summed E-state index contributed by atoms with van der Waals surface area (Å²) in [6.07, 6.45) is 1.97. The van der Waals surface area contributed by atoms with Crippen LogP contribution in [0.15, 0.2) is 42.5 Å². The highest BCUT2D eigenvalue weighted by Crippen LogP contribution is 2.25. The molecular formula is C22H33ClN2O2. The maximum Gasteiger partial charge on any atom is 0.127 e. The normalized spacial score (nSPS) is 16.5. The fourth-order valence-corrected chi connectivity index (χ4v) is 3.72. The van der Waals surface area contributed by atoms with Gasteiger partial charge in [0.15, 0.2) is 0 Å². The van der Waals surface area contributed by atoms with E-state index in [0.29, 0.717) is 19.2 Å². The van der Waals surface area contributed by atoms with E-state index in [1.807, 2.05) is 24.3 Å². The molecule has 1 heterocycles. The van der Waals surface area contributed by atoms with Gasteiger partial charge in [-0.25, -0.2) is 0 Å². The molecule has 2 aromatic rings. The average molecular weight is 393 g/mol. The summed E-state index contributed by atoms with van der Waals surface area (Å²) in [7, 11) is 0. The minimum absolute atomic E-state index is 0. The fraction of sp³-hybridized carbons (Fsp3) is 0.545. The van der Waals surface area contributed by atoms with Crippen molar-refractivity contribution in [3.63, 3.8) is 0 Å². The molecule has 2 aromatic carbocycles. The Bertz CT molecular complexity index is 684. The lowest BCUT2D eigenvalue weighted by molar-refractivity contribution is 0.0488. The van der Waals surface area contributed by atoms with Crippen LogP contribution in [-0.2, 0) is 0 Å². The first-order valence-corrected chi connectivity index (χ1v) is 9.87. The summed E-state index contributed by atoms with van der Waals surface area (Å²) >= 11 is 0. The van der Waals surface area contributed by atoms with Crippen LogP contribution in [0.4, 0.5) is 0 Å². The molecule has 0 aliphatic carbocycles. The molecule has 0 amide bonds. The molecule has 0 radical (unpaired) electrons. The molecule has 3 rings (SSSR count). The molecule has 5 heteroatoms. The molecule has 1 aliphatic rings. The highest BCUT2D eigenvalue weighted by Gasteiger charge is 2.21. The molecule has 1 aliphatic heterocycles. The minimum Gasteiger partial charge on any atom is -0.490 e. The van der Waals surface area contributed by atoms with E-state index in [9.17, 15) is 5.11 Å². The molecule has 0 bridgehead atoms. The van der Waals surface area contributed by atoms with Crippen LogP contribution >= 0.6 is 12.4 Å². The number of hydrogen-bond donors (Lipinski definition) is 2. The lowest BCUT2D eigenvalue weighted by Gasteiger charge is -2.34. The molecule has 0 spiro atoms. The summed E-state index contributed by atoms with van der Waals surface area (Å²) < 4.78 is 5.97. The van der Waals surface area contributed by atoms with Gasteiger partial charge in [-0.15, -0.1) is 12.4 Å². The monoisotopic (exact) mass is 392 g/mol. The third kappa shape index (κ3) is 6.35. The fourth-order valence-electron chi connectivity index (χ4n) is 3.72. The summed E-state index contributed by atoms with van der Waals surface area (Å²) in [6, 6.07) is 14.7. The summed E-state index contributed by atoms with van der Waals surface area (Å²) in [5, 5.41) is 16.2. The van der Waals surface area contributed by atoms with Crippen molar-refractivity contribution in [3.8, 4) is 5.75 Å². The van der Waals surface area contributed by atoms with Gasteiger partial charge in [-0.1, -0.05) is 36.4 Å². The van der Waals surface area contributed by atoms with E-state index in [1.54, 1.807) is 0 Å². The Morgan fingerprint density at radius 2 is 1.81 bits per heavy atom. The van der Waals surface area contributed by atoms with Crippen molar-refractivity contribution in [1.82, 2.24) is 10.2 Å². The number of benzene rings is 2. The number of halogens is 1. The van der Waals surface area contributed by atoms with Crippen LogP contribution in [0.3, 0.4) is 0 Å². The Labute approximate surface area is 169 Å². The van der Waals surface area contributed by atoms with Gasteiger partial charge in [0.25, 0.3) is 0 Å². The van der Waals surface area contributed by atoms with Crippen LogP contribution in [0.1, 0.15) is 26.7 Å². The predicted molar refractivity (Wildman–Crippen MR) is 115 cm³/mol. The van der Waals surface area contributed by atoms with Crippen molar-refractivity contribution >= 4 is 23.2 Å². The van der Waals surface area contributed by atoms with E-state index in [4.69, 9.17) is 4.74 Å². The van der Waals surface area contributed by atoms with Crippen molar-refractivity contribution in [3.05, 3.63) is 42.5 Å². The maximum absolute atomic E-state index is 10.6. The van der Waals surface area contributed by atoms with Crippen molar-refractivity contribution < 1.29 is 9.84 Å². The summed E-state index contributed by atoms with van der Waals surface area (Å²) in [5.74, 6) is 1.57. The van der Waals surface area contributed by atoms with Gasteiger partial charge in [0, 0.05) is 24.5 Å². The predicted octanol–water partition coefficient (Wildman–Crippen LogP) is 3.71. The molecule has 150 valence electrons. The Morgan fingerprint density at radius 3 is 2.56 bits per heavy atom. The number of piperidine rings is 1. The quantitative estimate of drug-likeness (QED) is 0.718. The van der Waals surface area contributed by atoms with Gasteiger partial charge in [0.1, 0.15) is 18.5 Å². The maximum atomic E-state index is 10.6. The smallest absolute Gasteiger partial charge is 0.127 e. The van der Waals surface area contributed by atoms with Gasteiger partial charge < -0.3 is 15.2 Å². The Morgan fingerprint density at radius 1 is 1.11 bits per heavy atom. The van der Waals surface area contributed by atoms with Crippen molar-refractivity contribution in [2.45, 2.75) is 38.8 Å². The van der Waals surface area contributed by atoms with E-state index < -0.39 is 6.10 Å². The SMILES string of the molecule is CC(C)N(CC(O)COc1cccc2ccccc12)CC1CCNCC1.Cl. The first kappa shape index (κ1) is 22.0. The third-order valence-corrected chi connectivity index (χ3v) is 5.31. The average Bonchev–Trinajstić information content (AvgIpc) is 2.66. The van der Waals surface area contributed by atoms with Gasteiger partial charge in [0.05, 0.1) is 0 Å². The first-order valence-electron chi connectivity index (χ1n) is 9.87. The summed E-state index contributed by atoms with van der Waals surface area (Å²) in [6.45, 7) is 8.69. The van der Waals surface area contributed by atoms with E-state index in [2.05, 4.69) is 42.3 Å². The van der Waals surface area contributed by atoms with Crippen LogP contribution < -0.4 is 10.1 Å². The van der Waals surface area contributed by atoms with Gasteiger partial charge in [-0.2, -0.15) is 0 Å². The van der Waals surface area contributed by atoms with Crippen molar-refractivity contribution in [1.29, 1.82) is 0 Å². The number of nitrogens with one attached hydrogen (secondary N) is 1. The second kappa shape index (κ2) is 10.9. The van der Waals surface area contributed by atoms with Gasteiger partial charge in [-0.05, 0) is 57.1 Å². The molecule has 1 unspecified atom stereocenters. The second-order valence-corrected chi connectivity index (χ2v) is 7.68. The van der Waals surface area contributed by atoms with Crippen LogP contribution in [0.5, 0.6) is 5.75 Å². The number of aliphatic hydroxyl groups is 1. The van der Waals surface area contributed by atoms with Crippen LogP contribution in [0.2, 0.25) is 0 Å². The van der Waals surface area contributed by atoms with Crippen LogP contribution in [0.25, 0.3) is 10.8 Å². The zero-order chi connectivity index (χ0) is 18.4. The van der Waals surface area contributed by atoms with E-state index >= 15 is 0 Å². The Kier molecular flexibility index (Phi) is 8.84. The summed E-state index contributed by atoms with van der Waals surface area (Å²) in [5.41, 5.74) is 0. The molecule has 1 saturated heterocycles. The van der Waals surface area contributed by atoms with Crippen LogP contribution in [0, 0.1) is 5.92 Å². The molecule has 2 N–H and O–H groups in total.